The van der Waals surface area contributed by atoms with E-state index in [1.807, 2.05) is 0 Å². The fraction of sp³-hybridized carbons (Fsp3) is 0.167. The maximum absolute atomic E-state index is 11.9. The van der Waals surface area contributed by atoms with Crippen molar-refractivity contribution in [2.45, 2.75) is 13.0 Å². The summed E-state index contributed by atoms with van der Waals surface area (Å²) in [4.78, 5) is 22.1. The Morgan fingerprint density at radius 3 is 2.50 bits per heavy atom. The Bertz CT molecular complexity index is 972. The first-order valence-corrected chi connectivity index (χ1v) is 8.46. The normalized spacial score (nSPS) is 11.6. The maximum Gasteiger partial charge on any atom is 0.344 e. The van der Waals surface area contributed by atoms with Gasteiger partial charge in [-0.25, -0.2) is 4.79 Å². The zero-order chi connectivity index (χ0) is 20.1. The van der Waals surface area contributed by atoms with E-state index in [2.05, 4.69) is 10.2 Å². The molecule has 144 valence electrons. The van der Waals surface area contributed by atoms with E-state index >= 15 is 0 Å². The first-order valence-electron chi connectivity index (χ1n) is 8.08. The van der Waals surface area contributed by atoms with Crippen LogP contribution in [0.4, 0.5) is 5.69 Å². The lowest BCUT2D eigenvalue weighted by molar-refractivity contribution is -0.384. The van der Waals surface area contributed by atoms with Gasteiger partial charge in [0.1, 0.15) is 5.75 Å². The molecule has 3 rings (SSSR count). The van der Waals surface area contributed by atoms with Crippen LogP contribution in [0.3, 0.4) is 0 Å². The summed E-state index contributed by atoms with van der Waals surface area (Å²) in [6.07, 6.45) is -0.791. The zero-order valence-electron chi connectivity index (χ0n) is 14.6. The van der Waals surface area contributed by atoms with Crippen LogP contribution in [-0.4, -0.2) is 27.7 Å². The molecule has 0 amide bonds. The molecule has 9 nitrogen and oxygen atoms in total. The predicted molar refractivity (Wildman–Crippen MR) is 97.8 cm³/mol. The van der Waals surface area contributed by atoms with Crippen LogP contribution >= 0.6 is 11.6 Å². The quantitative estimate of drug-likeness (QED) is 0.330. The van der Waals surface area contributed by atoms with E-state index in [0.29, 0.717) is 16.3 Å². The Kier molecular flexibility index (Phi) is 5.85. The largest absolute Gasteiger partial charge is 0.482 e. The molecule has 10 heteroatoms. The SMILES string of the molecule is CC(OC(=O)COc1ccc(Cl)cc1)c1nnc(-c2ccc([N+](=O)[O-])cc2)o1. The first-order chi connectivity index (χ1) is 13.4. The van der Waals surface area contributed by atoms with E-state index in [-0.39, 0.29) is 24.1 Å². The molecule has 0 aliphatic rings. The van der Waals surface area contributed by atoms with Crippen LogP contribution in [0.1, 0.15) is 18.9 Å². The highest BCUT2D eigenvalue weighted by Gasteiger charge is 2.19. The Labute approximate surface area is 164 Å². The van der Waals surface area contributed by atoms with Gasteiger partial charge in [0.05, 0.1) is 4.92 Å². The topological polar surface area (TPSA) is 118 Å². The molecule has 1 aromatic heterocycles. The van der Waals surface area contributed by atoms with Crippen LogP contribution in [0.2, 0.25) is 5.02 Å². The number of carbonyl (C=O) groups excluding carboxylic acids is 1. The number of ether oxygens (including phenoxy) is 2. The number of hydrogen-bond donors (Lipinski definition) is 0. The number of rotatable bonds is 7. The number of nitro groups is 1. The number of aromatic nitrogens is 2. The standard InChI is InChI=1S/C18H14ClN3O6/c1-11(27-16(23)10-26-15-8-4-13(19)5-9-15)17-20-21-18(28-17)12-2-6-14(7-3-12)22(24)25/h2-9,11H,10H2,1H3. The van der Waals surface area contributed by atoms with Crippen LogP contribution in [0, 0.1) is 10.1 Å². The van der Waals surface area contributed by atoms with Crippen molar-refractivity contribution in [1.82, 2.24) is 10.2 Å². The van der Waals surface area contributed by atoms with Crippen molar-refractivity contribution in [3.05, 3.63) is 69.6 Å². The lowest BCUT2D eigenvalue weighted by Gasteiger charge is -2.10. The fourth-order valence-electron chi connectivity index (χ4n) is 2.20. The van der Waals surface area contributed by atoms with Gasteiger partial charge in [0.2, 0.25) is 5.89 Å². The van der Waals surface area contributed by atoms with Crippen molar-refractivity contribution in [1.29, 1.82) is 0 Å². The molecular weight excluding hydrogens is 390 g/mol. The van der Waals surface area contributed by atoms with E-state index in [9.17, 15) is 14.9 Å². The van der Waals surface area contributed by atoms with E-state index in [1.165, 1.54) is 24.3 Å². The van der Waals surface area contributed by atoms with Crippen LogP contribution in [0.15, 0.2) is 52.9 Å². The Balaban J connectivity index is 1.57. The smallest absolute Gasteiger partial charge is 0.344 e. The number of carbonyl (C=O) groups is 1. The maximum atomic E-state index is 11.9. The van der Waals surface area contributed by atoms with Crippen LogP contribution in [-0.2, 0) is 9.53 Å². The minimum absolute atomic E-state index is 0.0496. The number of non-ortho nitro benzene ring substituents is 1. The molecule has 0 N–H and O–H groups in total. The van der Waals surface area contributed by atoms with Gasteiger partial charge in [-0.1, -0.05) is 11.6 Å². The molecule has 28 heavy (non-hydrogen) atoms. The molecule has 0 saturated carbocycles. The number of halogens is 1. The van der Waals surface area contributed by atoms with Gasteiger partial charge in [-0.3, -0.25) is 10.1 Å². The summed E-state index contributed by atoms with van der Waals surface area (Å²) in [6, 6.07) is 12.2. The molecule has 0 saturated heterocycles. The van der Waals surface area contributed by atoms with Gasteiger partial charge in [0, 0.05) is 22.7 Å². The average Bonchev–Trinajstić information content (AvgIpc) is 3.18. The highest BCUT2D eigenvalue weighted by Crippen LogP contribution is 2.24. The van der Waals surface area contributed by atoms with Gasteiger partial charge in [0.25, 0.3) is 11.6 Å². The molecule has 0 radical (unpaired) electrons. The first kappa shape index (κ1) is 19.3. The van der Waals surface area contributed by atoms with Crippen molar-refractivity contribution in [3.8, 4) is 17.2 Å². The monoisotopic (exact) mass is 403 g/mol. The van der Waals surface area contributed by atoms with Crippen LogP contribution in [0.5, 0.6) is 5.75 Å². The molecule has 0 aliphatic heterocycles. The predicted octanol–water partition coefficient (Wildman–Crippen LogP) is 3.98. The summed E-state index contributed by atoms with van der Waals surface area (Å²) < 4.78 is 16.0. The van der Waals surface area contributed by atoms with Crippen molar-refractivity contribution in [2.24, 2.45) is 0 Å². The summed E-state index contributed by atoms with van der Waals surface area (Å²) in [5.74, 6) is 0.114. The molecule has 2 aromatic carbocycles. The zero-order valence-corrected chi connectivity index (χ0v) is 15.3. The van der Waals surface area contributed by atoms with Crippen molar-refractivity contribution < 1.29 is 23.6 Å². The van der Waals surface area contributed by atoms with Crippen LogP contribution in [0.25, 0.3) is 11.5 Å². The third-order valence-corrected chi connectivity index (χ3v) is 3.84. The van der Waals surface area contributed by atoms with Gasteiger partial charge < -0.3 is 13.9 Å². The highest BCUT2D eigenvalue weighted by molar-refractivity contribution is 6.30. The van der Waals surface area contributed by atoms with E-state index < -0.39 is 17.0 Å². The molecule has 0 spiro atoms. The fourth-order valence-corrected chi connectivity index (χ4v) is 2.32. The lowest BCUT2D eigenvalue weighted by Crippen LogP contribution is -2.17. The lowest BCUT2D eigenvalue weighted by atomic mass is 10.2. The van der Waals surface area contributed by atoms with Crippen molar-refractivity contribution >= 4 is 23.3 Å². The molecule has 0 fully saturated rings. The van der Waals surface area contributed by atoms with Gasteiger partial charge in [-0.05, 0) is 43.3 Å². The number of hydrogen-bond acceptors (Lipinski definition) is 8. The second kappa shape index (κ2) is 8.49. The summed E-state index contributed by atoms with van der Waals surface area (Å²) >= 11 is 5.78. The summed E-state index contributed by atoms with van der Waals surface area (Å²) in [5, 5.41) is 19.0. The average molecular weight is 404 g/mol. The van der Waals surface area contributed by atoms with Gasteiger partial charge in [-0.2, -0.15) is 0 Å². The van der Waals surface area contributed by atoms with Crippen molar-refractivity contribution in [2.75, 3.05) is 6.61 Å². The van der Waals surface area contributed by atoms with Gasteiger partial charge in [-0.15, -0.1) is 10.2 Å². The number of nitrogens with zero attached hydrogens (tertiary/aromatic N) is 3. The number of esters is 1. The molecular formula is C18H14ClN3O6. The van der Waals surface area contributed by atoms with E-state index in [0.717, 1.165) is 0 Å². The van der Waals surface area contributed by atoms with E-state index in [1.54, 1.807) is 31.2 Å². The Morgan fingerprint density at radius 1 is 1.18 bits per heavy atom. The second-order valence-corrected chi connectivity index (χ2v) is 6.06. The van der Waals surface area contributed by atoms with Gasteiger partial charge >= 0.3 is 5.97 Å². The highest BCUT2D eigenvalue weighted by atomic mass is 35.5. The molecule has 3 aromatic rings. The summed E-state index contributed by atoms with van der Waals surface area (Å²) in [6.45, 7) is 1.28. The molecule has 0 aliphatic carbocycles. The second-order valence-electron chi connectivity index (χ2n) is 5.62. The molecule has 0 bridgehead atoms. The summed E-state index contributed by atoms with van der Waals surface area (Å²) in [5.41, 5.74) is 0.459. The molecule has 1 unspecified atom stereocenters. The minimum atomic E-state index is -0.791. The molecule has 1 heterocycles. The summed E-state index contributed by atoms with van der Waals surface area (Å²) in [7, 11) is 0. The third kappa shape index (κ3) is 4.83. The molecule has 1 atom stereocenters. The minimum Gasteiger partial charge on any atom is -0.482 e. The number of benzene rings is 2. The van der Waals surface area contributed by atoms with Crippen LogP contribution < -0.4 is 4.74 Å². The van der Waals surface area contributed by atoms with Crippen molar-refractivity contribution in [3.63, 3.8) is 0 Å². The van der Waals surface area contributed by atoms with Gasteiger partial charge in [0.15, 0.2) is 12.7 Å². The van der Waals surface area contributed by atoms with E-state index in [4.69, 9.17) is 25.5 Å². The Hall–Kier alpha value is -3.46. The number of nitro benzene ring substituents is 1. The Morgan fingerprint density at radius 2 is 1.86 bits per heavy atom. The third-order valence-electron chi connectivity index (χ3n) is 3.59.